The molecule has 1 aromatic carbocycles. The Kier molecular flexibility index (Phi) is 4.57. The molecule has 0 atom stereocenters. The van der Waals surface area contributed by atoms with Crippen LogP contribution in [0.25, 0.3) is 0 Å². The molecule has 1 aromatic heterocycles. The highest BCUT2D eigenvalue weighted by Gasteiger charge is 2.09. The van der Waals surface area contributed by atoms with Gasteiger partial charge in [0.05, 0.1) is 18.0 Å². The Morgan fingerprint density at radius 2 is 1.95 bits per heavy atom. The van der Waals surface area contributed by atoms with Gasteiger partial charge >= 0.3 is 6.01 Å². The van der Waals surface area contributed by atoms with E-state index in [1.54, 1.807) is 0 Å². The summed E-state index contributed by atoms with van der Waals surface area (Å²) < 4.78 is 5.25. The van der Waals surface area contributed by atoms with Gasteiger partial charge in [-0.25, -0.2) is 0 Å². The number of aromatic nitrogens is 3. The van der Waals surface area contributed by atoms with E-state index in [0.717, 1.165) is 11.4 Å². The van der Waals surface area contributed by atoms with Crippen LogP contribution in [0, 0.1) is 0 Å². The van der Waals surface area contributed by atoms with Gasteiger partial charge in [0.2, 0.25) is 11.2 Å². The Balaban J connectivity index is 2.30. The first-order valence-electron chi connectivity index (χ1n) is 6.18. The molecule has 2 rings (SSSR count). The van der Waals surface area contributed by atoms with Crippen molar-refractivity contribution in [1.82, 2.24) is 15.0 Å². The van der Waals surface area contributed by atoms with Crippen LogP contribution < -0.4 is 15.0 Å². The Labute approximate surface area is 122 Å². The van der Waals surface area contributed by atoms with Gasteiger partial charge in [0, 0.05) is 14.1 Å². The van der Waals surface area contributed by atoms with Crippen molar-refractivity contribution in [2.45, 2.75) is 6.92 Å². The minimum atomic E-state index is 0.0910. The van der Waals surface area contributed by atoms with Crippen molar-refractivity contribution in [3.05, 3.63) is 29.5 Å². The molecule has 0 spiro atoms. The van der Waals surface area contributed by atoms with E-state index in [2.05, 4.69) is 20.3 Å². The van der Waals surface area contributed by atoms with E-state index in [1.807, 2.05) is 50.2 Å². The number of anilines is 3. The van der Waals surface area contributed by atoms with Gasteiger partial charge in [-0.15, -0.1) is 0 Å². The first kappa shape index (κ1) is 14.3. The number of hydrogen-bond acceptors (Lipinski definition) is 6. The average molecular weight is 294 g/mol. The zero-order valence-corrected chi connectivity index (χ0v) is 12.3. The maximum atomic E-state index is 5.86. The summed E-state index contributed by atoms with van der Waals surface area (Å²) in [5, 5.41) is 3.22. The molecule has 1 N–H and O–H groups in total. The zero-order chi connectivity index (χ0) is 14.5. The highest BCUT2D eigenvalue weighted by atomic mass is 35.5. The monoisotopic (exact) mass is 293 g/mol. The minimum absolute atomic E-state index is 0.0910. The third-order valence-electron chi connectivity index (χ3n) is 2.49. The molecule has 0 unspecified atom stereocenters. The molecule has 0 amide bonds. The van der Waals surface area contributed by atoms with Crippen molar-refractivity contribution < 1.29 is 4.74 Å². The summed E-state index contributed by atoms with van der Waals surface area (Å²) in [6.45, 7) is 2.32. The Hall–Kier alpha value is -2.08. The lowest BCUT2D eigenvalue weighted by Gasteiger charge is -2.17. The van der Waals surface area contributed by atoms with E-state index in [-0.39, 0.29) is 11.3 Å². The van der Waals surface area contributed by atoms with Gasteiger partial charge in [-0.05, 0) is 30.7 Å². The van der Waals surface area contributed by atoms with Crippen LogP contribution in [0.4, 0.5) is 17.3 Å². The second kappa shape index (κ2) is 6.38. The van der Waals surface area contributed by atoms with Gasteiger partial charge in [0.25, 0.3) is 0 Å². The number of nitrogens with zero attached hydrogens (tertiary/aromatic N) is 4. The van der Waals surface area contributed by atoms with Gasteiger partial charge < -0.3 is 15.0 Å². The quantitative estimate of drug-likeness (QED) is 0.914. The van der Waals surface area contributed by atoms with E-state index in [9.17, 15) is 0 Å². The molecule has 0 aliphatic carbocycles. The number of benzene rings is 1. The number of nitrogens with one attached hydrogen (secondary N) is 1. The van der Waals surface area contributed by atoms with Crippen LogP contribution in [-0.2, 0) is 0 Å². The van der Waals surface area contributed by atoms with Crippen LogP contribution in [0.3, 0.4) is 0 Å². The highest BCUT2D eigenvalue weighted by molar-refractivity contribution is 6.28. The van der Waals surface area contributed by atoms with Crippen molar-refractivity contribution in [1.29, 1.82) is 0 Å². The van der Waals surface area contributed by atoms with E-state index >= 15 is 0 Å². The predicted octanol–water partition coefficient (Wildman–Crippen LogP) is 2.73. The number of rotatable bonds is 5. The van der Waals surface area contributed by atoms with Crippen LogP contribution >= 0.6 is 11.6 Å². The molecular formula is C13H16ClN5O. The van der Waals surface area contributed by atoms with Gasteiger partial charge in [0.1, 0.15) is 0 Å². The largest absolute Gasteiger partial charge is 0.464 e. The lowest BCUT2D eigenvalue weighted by atomic mass is 10.2. The Bertz CT molecular complexity index is 591. The van der Waals surface area contributed by atoms with Crippen molar-refractivity contribution in [3.8, 4) is 6.01 Å². The molecule has 0 aliphatic heterocycles. The summed E-state index contributed by atoms with van der Waals surface area (Å²) in [6, 6.07) is 8.04. The van der Waals surface area contributed by atoms with Crippen molar-refractivity contribution in [3.63, 3.8) is 0 Å². The van der Waals surface area contributed by atoms with E-state index in [0.29, 0.717) is 12.6 Å². The van der Waals surface area contributed by atoms with E-state index < -0.39 is 0 Å². The molecular weight excluding hydrogens is 278 g/mol. The molecule has 6 nitrogen and oxygen atoms in total. The summed E-state index contributed by atoms with van der Waals surface area (Å²) in [7, 11) is 3.93. The Morgan fingerprint density at radius 1 is 1.20 bits per heavy atom. The molecule has 1 heterocycles. The van der Waals surface area contributed by atoms with Gasteiger partial charge in [-0.3, -0.25) is 0 Å². The smallest absolute Gasteiger partial charge is 0.322 e. The van der Waals surface area contributed by atoms with Crippen molar-refractivity contribution in [2.75, 3.05) is 30.9 Å². The zero-order valence-electron chi connectivity index (χ0n) is 11.6. The first-order valence-corrected chi connectivity index (χ1v) is 6.55. The minimum Gasteiger partial charge on any atom is -0.464 e. The van der Waals surface area contributed by atoms with Crippen LogP contribution in [-0.4, -0.2) is 35.7 Å². The summed E-state index contributed by atoms with van der Waals surface area (Å²) >= 11 is 5.86. The molecule has 0 radical (unpaired) electrons. The molecule has 2 aromatic rings. The van der Waals surface area contributed by atoms with Gasteiger partial charge in [-0.1, -0.05) is 12.1 Å². The first-order chi connectivity index (χ1) is 9.60. The highest BCUT2D eigenvalue weighted by Crippen LogP contribution is 2.26. The molecule has 7 heteroatoms. The lowest BCUT2D eigenvalue weighted by molar-refractivity contribution is 0.312. The Morgan fingerprint density at radius 3 is 2.65 bits per heavy atom. The van der Waals surface area contributed by atoms with E-state index in [1.165, 1.54) is 0 Å². The lowest BCUT2D eigenvalue weighted by Crippen LogP contribution is -2.11. The molecule has 0 aliphatic rings. The van der Waals surface area contributed by atoms with Crippen LogP contribution in [0.15, 0.2) is 24.3 Å². The normalized spacial score (nSPS) is 10.2. The number of para-hydroxylation sites is 2. The maximum absolute atomic E-state index is 5.86. The molecule has 0 fully saturated rings. The summed E-state index contributed by atoms with van der Waals surface area (Å²) in [5.41, 5.74) is 1.89. The molecule has 0 saturated heterocycles. The average Bonchev–Trinajstić information content (AvgIpc) is 2.38. The fourth-order valence-corrected chi connectivity index (χ4v) is 1.82. The maximum Gasteiger partial charge on any atom is 0.322 e. The standard InChI is InChI=1S/C13H16ClN5O/c1-4-20-13-17-11(14)16-12(18-13)15-9-7-5-6-8-10(9)19(2)3/h5-8H,4H2,1-3H3,(H,15,16,17,18). The van der Waals surface area contributed by atoms with Gasteiger partial charge in [0.15, 0.2) is 0 Å². The van der Waals surface area contributed by atoms with Crippen LogP contribution in [0.5, 0.6) is 6.01 Å². The molecule has 0 saturated carbocycles. The fourth-order valence-electron chi connectivity index (χ4n) is 1.67. The third-order valence-corrected chi connectivity index (χ3v) is 2.66. The summed E-state index contributed by atoms with van der Waals surface area (Å²) in [6.07, 6.45) is 0. The predicted molar refractivity (Wildman–Crippen MR) is 80.1 cm³/mol. The van der Waals surface area contributed by atoms with Crippen molar-refractivity contribution >= 4 is 28.9 Å². The second-order valence-electron chi connectivity index (χ2n) is 4.18. The van der Waals surface area contributed by atoms with Crippen molar-refractivity contribution in [2.24, 2.45) is 0 Å². The van der Waals surface area contributed by atoms with Crippen LogP contribution in [0.1, 0.15) is 6.92 Å². The SMILES string of the molecule is CCOc1nc(Cl)nc(Nc2ccccc2N(C)C)n1. The topological polar surface area (TPSA) is 63.2 Å². The summed E-state index contributed by atoms with van der Waals surface area (Å²) in [5.74, 6) is 0.350. The number of hydrogen-bond donors (Lipinski definition) is 1. The molecule has 106 valence electrons. The molecule has 0 bridgehead atoms. The second-order valence-corrected chi connectivity index (χ2v) is 4.52. The number of halogens is 1. The van der Waals surface area contributed by atoms with E-state index in [4.69, 9.17) is 16.3 Å². The third kappa shape index (κ3) is 3.48. The van der Waals surface area contributed by atoms with Crippen LogP contribution in [0.2, 0.25) is 5.28 Å². The van der Waals surface area contributed by atoms with Gasteiger partial charge in [-0.2, -0.15) is 15.0 Å². The molecule has 20 heavy (non-hydrogen) atoms. The number of ether oxygens (including phenoxy) is 1. The fraction of sp³-hybridized carbons (Fsp3) is 0.308. The summed E-state index contributed by atoms with van der Waals surface area (Å²) in [4.78, 5) is 14.1.